The van der Waals surface area contributed by atoms with E-state index in [-0.39, 0.29) is 18.0 Å². The Hall–Kier alpha value is -0.780. The van der Waals surface area contributed by atoms with Crippen LogP contribution in [0.2, 0.25) is 0 Å². The molecule has 2 N–H and O–H groups in total. The van der Waals surface area contributed by atoms with Gasteiger partial charge in [0, 0.05) is 12.1 Å². The Morgan fingerprint density at radius 3 is 2.35 bits per heavy atom. The van der Waals surface area contributed by atoms with Crippen LogP contribution in [0, 0.1) is 11.8 Å². The van der Waals surface area contributed by atoms with Crippen LogP contribution < -0.4 is 5.73 Å². The number of hydrogen-bond acceptors (Lipinski definition) is 2. The van der Waals surface area contributed by atoms with Gasteiger partial charge in [0.15, 0.2) is 0 Å². The van der Waals surface area contributed by atoms with E-state index >= 15 is 0 Å². The maximum atomic E-state index is 12.5. The van der Waals surface area contributed by atoms with Crippen LogP contribution in [0.5, 0.6) is 0 Å². The standard InChI is InChI=1S/C11H17F3N2O/c1-6(7-2-3-7)16(5-11(12,13)14)10(17)8-4-9(8)15/h6-9H,2-5,15H2,1H3. The Morgan fingerprint density at radius 1 is 1.47 bits per heavy atom. The van der Waals surface area contributed by atoms with Crippen molar-refractivity contribution in [2.24, 2.45) is 17.6 Å². The first-order chi connectivity index (χ1) is 7.79. The zero-order valence-corrected chi connectivity index (χ0v) is 9.70. The Balaban J connectivity index is 2.03. The molecule has 3 nitrogen and oxygen atoms in total. The molecule has 0 bridgehead atoms. The maximum Gasteiger partial charge on any atom is 0.406 e. The molecular formula is C11H17F3N2O. The van der Waals surface area contributed by atoms with E-state index < -0.39 is 24.5 Å². The second-order valence-electron chi connectivity index (χ2n) is 5.17. The van der Waals surface area contributed by atoms with Crippen molar-refractivity contribution in [1.29, 1.82) is 0 Å². The van der Waals surface area contributed by atoms with E-state index in [0.29, 0.717) is 6.42 Å². The van der Waals surface area contributed by atoms with E-state index in [1.807, 2.05) is 0 Å². The lowest BCUT2D eigenvalue weighted by Crippen LogP contribution is -2.46. The smallest absolute Gasteiger partial charge is 0.330 e. The molecule has 0 radical (unpaired) electrons. The molecule has 2 fully saturated rings. The van der Waals surface area contributed by atoms with Gasteiger partial charge in [-0.3, -0.25) is 4.79 Å². The lowest BCUT2D eigenvalue weighted by atomic mass is 10.1. The molecular weight excluding hydrogens is 233 g/mol. The van der Waals surface area contributed by atoms with Crippen molar-refractivity contribution in [3.05, 3.63) is 0 Å². The number of amides is 1. The molecule has 2 saturated carbocycles. The van der Waals surface area contributed by atoms with Crippen molar-refractivity contribution >= 4 is 5.91 Å². The molecule has 0 spiro atoms. The highest BCUT2D eigenvalue weighted by atomic mass is 19.4. The van der Waals surface area contributed by atoms with E-state index in [1.54, 1.807) is 6.92 Å². The number of halogens is 3. The minimum Gasteiger partial charge on any atom is -0.330 e. The first-order valence-electron chi connectivity index (χ1n) is 5.92. The third-order valence-corrected chi connectivity index (χ3v) is 3.59. The van der Waals surface area contributed by atoms with Gasteiger partial charge in [-0.25, -0.2) is 0 Å². The van der Waals surface area contributed by atoms with Gasteiger partial charge in [0.1, 0.15) is 6.54 Å². The summed E-state index contributed by atoms with van der Waals surface area (Å²) in [5, 5.41) is 0. The molecule has 3 unspecified atom stereocenters. The highest BCUT2D eigenvalue weighted by Crippen LogP contribution is 2.39. The van der Waals surface area contributed by atoms with Gasteiger partial charge in [-0.05, 0) is 32.1 Å². The third kappa shape index (κ3) is 3.12. The Kier molecular flexibility index (Phi) is 3.10. The summed E-state index contributed by atoms with van der Waals surface area (Å²) < 4.78 is 37.4. The summed E-state index contributed by atoms with van der Waals surface area (Å²) >= 11 is 0. The predicted molar refractivity (Wildman–Crippen MR) is 56.0 cm³/mol. The molecule has 2 aliphatic carbocycles. The maximum absolute atomic E-state index is 12.5. The van der Waals surface area contributed by atoms with Crippen LogP contribution in [0.4, 0.5) is 13.2 Å². The van der Waals surface area contributed by atoms with Gasteiger partial charge in [0.05, 0.1) is 5.92 Å². The summed E-state index contributed by atoms with van der Waals surface area (Å²) in [7, 11) is 0. The van der Waals surface area contributed by atoms with Gasteiger partial charge in [-0.15, -0.1) is 0 Å². The van der Waals surface area contributed by atoms with Crippen LogP contribution in [0.3, 0.4) is 0 Å². The van der Waals surface area contributed by atoms with Crippen molar-refractivity contribution < 1.29 is 18.0 Å². The predicted octanol–water partition coefficient (Wildman–Crippen LogP) is 1.52. The number of nitrogens with two attached hydrogens (primary N) is 1. The van der Waals surface area contributed by atoms with E-state index in [2.05, 4.69) is 0 Å². The van der Waals surface area contributed by atoms with Crippen molar-refractivity contribution in [2.75, 3.05) is 6.54 Å². The first-order valence-corrected chi connectivity index (χ1v) is 5.92. The fourth-order valence-electron chi connectivity index (χ4n) is 2.16. The number of rotatable bonds is 4. The third-order valence-electron chi connectivity index (χ3n) is 3.59. The van der Waals surface area contributed by atoms with Crippen molar-refractivity contribution in [3.63, 3.8) is 0 Å². The fourth-order valence-corrected chi connectivity index (χ4v) is 2.16. The molecule has 0 aliphatic heterocycles. The number of carbonyl (C=O) groups is 1. The van der Waals surface area contributed by atoms with Crippen molar-refractivity contribution in [2.45, 2.75) is 44.4 Å². The average molecular weight is 250 g/mol. The van der Waals surface area contributed by atoms with Gasteiger partial charge in [-0.1, -0.05) is 0 Å². The lowest BCUT2D eigenvalue weighted by Gasteiger charge is -2.30. The van der Waals surface area contributed by atoms with E-state index in [1.165, 1.54) is 0 Å². The van der Waals surface area contributed by atoms with E-state index in [4.69, 9.17) is 5.73 Å². The van der Waals surface area contributed by atoms with Gasteiger partial charge < -0.3 is 10.6 Å². The zero-order chi connectivity index (χ0) is 12.8. The molecule has 17 heavy (non-hydrogen) atoms. The molecule has 1 amide bonds. The van der Waals surface area contributed by atoms with Crippen LogP contribution in [-0.2, 0) is 4.79 Å². The topological polar surface area (TPSA) is 46.3 Å². The first kappa shape index (κ1) is 12.7. The quantitative estimate of drug-likeness (QED) is 0.822. The summed E-state index contributed by atoms with van der Waals surface area (Å²) in [6, 6.07) is -0.568. The molecule has 0 aromatic rings. The van der Waals surface area contributed by atoms with Gasteiger partial charge in [-0.2, -0.15) is 13.2 Å². The van der Waals surface area contributed by atoms with Crippen LogP contribution >= 0.6 is 0 Å². The summed E-state index contributed by atoms with van der Waals surface area (Å²) in [5.41, 5.74) is 5.53. The van der Waals surface area contributed by atoms with Gasteiger partial charge >= 0.3 is 6.18 Å². The minimum atomic E-state index is -4.34. The fraction of sp³-hybridized carbons (Fsp3) is 0.909. The van der Waals surface area contributed by atoms with Gasteiger partial charge in [0.2, 0.25) is 5.91 Å². The van der Waals surface area contributed by atoms with Crippen molar-refractivity contribution in [3.8, 4) is 0 Å². The number of carbonyl (C=O) groups excluding carboxylic acids is 1. The Morgan fingerprint density at radius 2 is 2.00 bits per heavy atom. The van der Waals surface area contributed by atoms with Crippen LogP contribution in [0.1, 0.15) is 26.2 Å². The van der Waals surface area contributed by atoms with Gasteiger partial charge in [0.25, 0.3) is 0 Å². The largest absolute Gasteiger partial charge is 0.406 e. The SMILES string of the molecule is CC(C1CC1)N(CC(F)(F)F)C(=O)C1CC1N. The number of nitrogens with zero attached hydrogens (tertiary/aromatic N) is 1. The van der Waals surface area contributed by atoms with Crippen LogP contribution in [0.25, 0.3) is 0 Å². The minimum absolute atomic E-state index is 0.233. The Bertz CT molecular complexity index is 314. The van der Waals surface area contributed by atoms with Crippen LogP contribution in [-0.4, -0.2) is 35.6 Å². The molecule has 0 aromatic heterocycles. The monoisotopic (exact) mass is 250 g/mol. The summed E-state index contributed by atoms with van der Waals surface area (Å²) in [6.07, 6.45) is -1.98. The second-order valence-corrected chi connectivity index (χ2v) is 5.17. The van der Waals surface area contributed by atoms with Crippen molar-refractivity contribution in [1.82, 2.24) is 4.90 Å². The normalized spacial score (nSPS) is 29.9. The second kappa shape index (κ2) is 4.15. The highest BCUT2D eigenvalue weighted by Gasteiger charge is 2.47. The molecule has 98 valence electrons. The lowest BCUT2D eigenvalue weighted by molar-refractivity contribution is -0.166. The summed E-state index contributed by atoms with van der Waals surface area (Å²) in [5.74, 6) is -0.580. The number of alkyl halides is 3. The molecule has 3 atom stereocenters. The van der Waals surface area contributed by atoms with E-state index in [0.717, 1.165) is 17.7 Å². The Labute approximate surface area is 98.1 Å². The molecule has 0 heterocycles. The summed E-state index contributed by atoms with van der Waals surface area (Å²) in [6.45, 7) is 0.557. The van der Waals surface area contributed by atoms with E-state index in [9.17, 15) is 18.0 Å². The molecule has 0 saturated heterocycles. The molecule has 2 rings (SSSR count). The highest BCUT2D eigenvalue weighted by molar-refractivity contribution is 5.82. The molecule has 2 aliphatic rings. The van der Waals surface area contributed by atoms with Crippen LogP contribution in [0.15, 0.2) is 0 Å². The summed E-state index contributed by atoms with van der Waals surface area (Å²) in [4.78, 5) is 12.9. The molecule has 0 aromatic carbocycles. The zero-order valence-electron chi connectivity index (χ0n) is 9.70. The molecule has 6 heteroatoms. The average Bonchev–Trinajstić information content (AvgIpc) is 3.04. The number of hydrogen-bond donors (Lipinski definition) is 1.